The number of benzene rings is 1. The van der Waals surface area contributed by atoms with Gasteiger partial charge in [-0.3, -0.25) is 4.79 Å². The Balaban J connectivity index is 1.64. The van der Waals surface area contributed by atoms with E-state index in [-0.39, 0.29) is 11.7 Å². The average Bonchev–Trinajstić information content (AvgIpc) is 3.03. The summed E-state index contributed by atoms with van der Waals surface area (Å²) in [7, 11) is -3.55. The highest BCUT2D eigenvalue weighted by atomic mass is 32.2. The lowest BCUT2D eigenvalue weighted by Gasteiger charge is -2.26. The van der Waals surface area contributed by atoms with Gasteiger partial charge in [0.25, 0.3) is 0 Å². The third kappa shape index (κ3) is 4.87. The largest absolute Gasteiger partial charge is 0.378 e. The highest BCUT2D eigenvalue weighted by Gasteiger charge is 2.24. The van der Waals surface area contributed by atoms with Crippen molar-refractivity contribution < 1.29 is 17.9 Å². The van der Waals surface area contributed by atoms with Gasteiger partial charge in [-0.2, -0.15) is 0 Å². The lowest BCUT2D eigenvalue weighted by atomic mass is 10.2. The van der Waals surface area contributed by atoms with Crippen LogP contribution >= 0.6 is 11.3 Å². The van der Waals surface area contributed by atoms with Crippen LogP contribution in [0.2, 0.25) is 0 Å². The van der Waals surface area contributed by atoms with Gasteiger partial charge in [0.1, 0.15) is 10.8 Å². The van der Waals surface area contributed by atoms with Crippen LogP contribution in [0.1, 0.15) is 11.3 Å². The number of thiazole rings is 1. The number of aromatic nitrogens is 1. The number of sulfone groups is 1. The number of carbonyl (C=O) groups excluding carboxylic acids is 1. The molecule has 0 spiro atoms. The smallest absolute Gasteiger partial charge is 0.237 e. The van der Waals surface area contributed by atoms with Crippen molar-refractivity contribution in [2.24, 2.45) is 0 Å². The molecule has 0 radical (unpaired) electrons. The molecule has 1 aliphatic rings. The highest BCUT2D eigenvalue weighted by Crippen LogP contribution is 2.25. The molecule has 2 heterocycles. The zero-order valence-corrected chi connectivity index (χ0v) is 15.6. The molecule has 0 N–H and O–H groups in total. The first-order valence-electron chi connectivity index (χ1n) is 8.00. The molecular formula is C17H20N2O4S2. The van der Waals surface area contributed by atoms with Gasteiger partial charge < -0.3 is 9.64 Å². The number of morpholine rings is 1. The summed E-state index contributed by atoms with van der Waals surface area (Å²) in [6.07, 6.45) is 0. The van der Waals surface area contributed by atoms with Crippen LogP contribution in [0.25, 0.3) is 10.6 Å². The van der Waals surface area contributed by atoms with Gasteiger partial charge in [-0.15, -0.1) is 11.3 Å². The molecule has 8 heteroatoms. The Morgan fingerprint density at radius 2 is 1.92 bits per heavy atom. The molecule has 1 aliphatic heterocycles. The van der Waals surface area contributed by atoms with Crippen LogP contribution in [0.15, 0.2) is 29.6 Å². The average molecular weight is 380 g/mol. The Hall–Kier alpha value is -1.77. The summed E-state index contributed by atoms with van der Waals surface area (Å²) in [4.78, 5) is 18.1. The van der Waals surface area contributed by atoms with Crippen LogP contribution in [0.3, 0.4) is 0 Å². The van der Waals surface area contributed by atoms with Crippen LogP contribution in [-0.4, -0.2) is 56.3 Å². The van der Waals surface area contributed by atoms with Gasteiger partial charge in [0.05, 0.1) is 24.7 Å². The molecule has 1 aromatic heterocycles. The Morgan fingerprint density at radius 1 is 1.24 bits per heavy atom. The number of aryl methyl sites for hydroxylation is 1. The summed E-state index contributed by atoms with van der Waals surface area (Å²) in [5, 5.41) is 2.52. The van der Waals surface area contributed by atoms with Crippen molar-refractivity contribution in [3.05, 3.63) is 40.9 Å². The second kappa shape index (κ2) is 7.63. The predicted molar refractivity (Wildman–Crippen MR) is 97.2 cm³/mol. The van der Waals surface area contributed by atoms with Crippen LogP contribution in [0.5, 0.6) is 0 Å². The normalized spacial score (nSPS) is 15.3. The van der Waals surface area contributed by atoms with Crippen LogP contribution in [0.4, 0.5) is 0 Å². The molecule has 0 aliphatic carbocycles. The second-order valence-electron chi connectivity index (χ2n) is 6.04. The predicted octanol–water partition coefficient (Wildman–Crippen LogP) is 1.89. The molecule has 0 atom stereocenters. The summed E-state index contributed by atoms with van der Waals surface area (Å²) >= 11 is 1.41. The van der Waals surface area contributed by atoms with Crippen LogP contribution < -0.4 is 0 Å². The SMILES string of the molecule is Cc1ccc(-c2nc(CS(=O)(=O)CC(=O)N3CCOCC3)cs2)cc1. The standard InChI is InChI=1S/C17H20N2O4S2/c1-13-2-4-14(5-3-13)17-18-15(10-24-17)11-25(21,22)12-16(20)19-6-8-23-9-7-19/h2-5,10H,6-9,11-12H2,1H3. The van der Waals surface area contributed by atoms with E-state index < -0.39 is 15.6 Å². The molecule has 0 unspecified atom stereocenters. The van der Waals surface area contributed by atoms with Gasteiger partial charge in [-0.1, -0.05) is 29.8 Å². The van der Waals surface area contributed by atoms with Gasteiger partial charge in [0.2, 0.25) is 5.91 Å². The summed E-state index contributed by atoms with van der Waals surface area (Å²) in [5.41, 5.74) is 2.60. The Labute approximate surface area is 151 Å². The van der Waals surface area contributed by atoms with E-state index in [1.807, 2.05) is 31.2 Å². The number of ether oxygens (including phenoxy) is 1. The molecule has 0 bridgehead atoms. The molecule has 1 amide bonds. The first-order valence-corrected chi connectivity index (χ1v) is 10.7. The molecule has 25 heavy (non-hydrogen) atoms. The number of carbonyl (C=O) groups is 1. The van der Waals surface area contributed by atoms with Gasteiger partial charge >= 0.3 is 0 Å². The number of hydrogen-bond acceptors (Lipinski definition) is 6. The van der Waals surface area contributed by atoms with Gasteiger partial charge in [0, 0.05) is 24.0 Å². The van der Waals surface area contributed by atoms with E-state index in [1.54, 1.807) is 10.3 Å². The third-order valence-corrected chi connectivity index (χ3v) is 6.29. The fraction of sp³-hybridized carbons (Fsp3) is 0.412. The lowest BCUT2D eigenvalue weighted by Crippen LogP contribution is -2.43. The second-order valence-corrected chi connectivity index (χ2v) is 8.96. The number of rotatable bonds is 5. The fourth-order valence-electron chi connectivity index (χ4n) is 2.57. The van der Waals surface area contributed by atoms with Crippen molar-refractivity contribution in [3.8, 4) is 10.6 Å². The zero-order chi connectivity index (χ0) is 17.9. The van der Waals surface area contributed by atoms with Gasteiger partial charge in [0.15, 0.2) is 9.84 Å². The van der Waals surface area contributed by atoms with E-state index in [1.165, 1.54) is 11.3 Å². The summed E-state index contributed by atoms with van der Waals surface area (Å²) in [5.74, 6) is -1.06. The van der Waals surface area contributed by atoms with E-state index in [9.17, 15) is 13.2 Å². The number of nitrogens with zero attached hydrogens (tertiary/aromatic N) is 2. The van der Waals surface area contributed by atoms with Crippen molar-refractivity contribution in [1.29, 1.82) is 0 Å². The fourth-order valence-corrected chi connectivity index (χ4v) is 4.76. The van der Waals surface area contributed by atoms with E-state index >= 15 is 0 Å². The first-order chi connectivity index (χ1) is 11.9. The number of hydrogen-bond donors (Lipinski definition) is 0. The van der Waals surface area contributed by atoms with Crippen molar-refractivity contribution in [2.45, 2.75) is 12.7 Å². The Kier molecular flexibility index (Phi) is 5.51. The maximum absolute atomic E-state index is 12.3. The van der Waals surface area contributed by atoms with Crippen LogP contribution in [0, 0.1) is 6.92 Å². The molecule has 0 saturated carbocycles. The number of amides is 1. The maximum Gasteiger partial charge on any atom is 0.237 e. The van der Waals surface area contributed by atoms with E-state index in [0.717, 1.165) is 16.1 Å². The van der Waals surface area contributed by atoms with Gasteiger partial charge in [-0.05, 0) is 6.92 Å². The first kappa shape index (κ1) is 18.0. The molecule has 2 aromatic rings. The topological polar surface area (TPSA) is 76.6 Å². The molecule has 134 valence electrons. The van der Waals surface area contributed by atoms with Crippen molar-refractivity contribution >= 4 is 27.1 Å². The lowest BCUT2D eigenvalue weighted by molar-refractivity contribution is -0.132. The van der Waals surface area contributed by atoms with E-state index in [0.29, 0.717) is 32.0 Å². The summed E-state index contributed by atoms with van der Waals surface area (Å²) in [6.45, 7) is 3.82. The van der Waals surface area contributed by atoms with Crippen molar-refractivity contribution in [2.75, 3.05) is 32.1 Å². The Morgan fingerprint density at radius 3 is 2.60 bits per heavy atom. The van der Waals surface area contributed by atoms with Crippen molar-refractivity contribution in [1.82, 2.24) is 9.88 Å². The highest BCUT2D eigenvalue weighted by molar-refractivity contribution is 7.91. The minimum Gasteiger partial charge on any atom is -0.378 e. The summed E-state index contributed by atoms with van der Waals surface area (Å²) in [6, 6.07) is 7.92. The molecule has 1 aromatic carbocycles. The Bertz CT molecular complexity index is 838. The van der Waals surface area contributed by atoms with E-state index in [4.69, 9.17) is 4.74 Å². The van der Waals surface area contributed by atoms with Crippen LogP contribution in [-0.2, 0) is 25.1 Å². The molecule has 3 rings (SSSR count). The molecule has 1 fully saturated rings. The minimum atomic E-state index is -3.55. The monoisotopic (exact) mass is 380 g/mol. The molecule has 1 saturated heterocycles. The van der Waals surface area contributed by atoms with Gasteiger partial charge in [-0.25, -0.2) is 13.4 Å². The third-order valence-electron chi connectivity index (χ3n) is 3.93. The van der Waals surface area contributed by atoms with Crippen molar-refractivity contribution in [3.63, 3.8) is 0 Å². The molecular weight excluding hydrogens is 360 g/mol. The quantitative estimate of drug-likeness (QED) is 0.792. The summed E-state index contributed by atoms with van der Waals surface area (Å²) < 4.78 is 29.8. The van der Waals surface area contributed by atoms with E-state index in [2.05, 4.69) is 4.98 Å². The maximum atomic E-state index is 12.3. The molecule has 6 nitrogen and oxygen atoms in total. The minimum absolute atomic E-state index is 0.217. The zero-order valence-electron chi connectivity index (χ0n) is 14.0.